The van der Waals surface area contributed by atoms with Gasteiger partial charge in [-0.1, -0.05) is 29.5 Å². The number of hydrogen-bond donors (Lipinski definition) is 1. The Hall–Kier alpha value is -2.67. The zero-order chi connectivity index (χ0) is 19.7. The highest BCUT2D eigenvalue weighted by atomic mass is 32.1. The molecule has 146 valence electrons. The van der Waals surface area contributed by atoms with Crippen molar-refractivity contribution in [2.75, 3.05) is 23.3 Å². The van der Waals surface area contributed by atoms with Gasteiger partial charge in [0.1, 0.15) is 0 Å². The maximum atomic E-state index is 12.6. The van der Waals surface area contributed by atoms with Crippen LogP contribution in [0.2, 0.25) is 0 Å². The molecule has 1 aliphatic heterocycles. The molecule has 4 rings (SSSR count). The van der Waals surface area contributed by atoms with E-state index in [0.29, 0.717) is 0 Å². The monoisotopic (exact) mass is 395 g/mol. The van der Waals surface area contributed by atoms with E-state index in [2.05, 4.69) is 51.0 Å². The van der Waals surface area contributed by atoms with Gasteiger partial charge in [-0.3, -0.25) is 9.36 Å². The molecule has 0 aliphatic carbocycles. The van der Waals surface area contributed by atoms with Crippen molar-refractivity contribution in [1.29, 1.82) is 0 Å². The maximum Gasteiger partial charge on any atom is 0.227 e. The summed E-state index contributed by atoms with van der Waals surface area (Å²) in [6.45, 7) is 7.81. The maximum absolute atomic E-state index is 12.6. The molecule has 1 aliphatic rings. The molecule has 1 saturated heterocycles. The van der Waals surface area contributed by atoms with E-state index in [-0.39, 0.29) is 11.8 Å². The van der Waals surface area contributed by atoms with Crippen LogP contribution >= 0.6 is 11.3 Å². The molecular formula is C21H25N5OS. The van der Waals surface area contributed by atoms with Crippen LogP contribution in [0.4, 0.5) is 10.8 Å². The van der Waals surface area contributed by atoms with Crippen LogP contribution in [0, 0.1) is 26.7 Å². The van der Waals surface area contributed by atoms with Gasteiger partial charge in [-0.25, -0.2) is 0 Å². The third kappa shape index (κ3) is 3.67. The molecule has 0 unspecified atom stereocenters. The lowest BCUT2D eigenvalue weighted by atomic mass is 9.96. The van der Waals surface area contributed by atoms with E-state index in [4.69, 9.17) is 0 Å². The lowest BCUT2D eigenvalue weighted by molar-refractivity contribution is -0.120. The predicted molar refractivity (Wildman–Crippen MR) is 113 cm³/mol. The van der Waals surface area contributed by atoms with Crippen molar-refractivity contribution in [2.24, 2.45) is 5.92 Å². The molecule has 0 radical (unpaired) electrons. The van der Waals surface area contributed by atoms with Crippen LogP contribution in [0.1, 0.15) is 29.8 Å². The van der Waals surface area contributed by atoms with Gasteiger partial charge in [0.05, 0.1) is 0 Å². The number of nitrogens with one attached hydrogen (secondary N) is 1. The smallest absolute Gasteiger partial charge is 0.227 e. The lowest BCUT2D eigenvalue weighted by Gasteiger charge is -2.30. The Morgan fingerprint density at radius 3 is 2.32 bits per heavy atom. The predicted octanol–water partition coefficient (Wildman–Crippen LogP) is 4.11. The van der Waals surface area contributed by atoms with E-state index in [0.717, 1.165) is 58.8 Å². The van der Waals surface area contributed by atoms with Crippen LogP contribution < -0.4 is 10.2 Å². The minimum absolute atomic E-state index is 0.0391. The molecule has 3 heterocycles. The highest BCUT2D eigenvalue weighted by Gasteiger charge is 2.27. The van der Waals surface area contributed by atoms with Crippen molar-refractivity contribution in [3.05, 3.63) is 53.3 Å². The molecule has 7 heteroatoms. The minimum atomic E-state index is 0.0391. The van der Waals surface area contributed by atoms with Gasteiger partial charge in [0.25, 0.3) is 0 Å². The summed E-state index contributed by atoms with van der Waals surface area (Å²) in [4.78, 5) is 14.9. The molecule has 1 fully saturated rings. The third-order valence-corrected chi connectivity index (χ3v) is 6.37. The number of aromatic nitrogens is 3. The first-order valence-corrected chi connectivity index (χ1v) is 10.4. The number of piperidine rings is 1. The molecule has 3 aromatic rings. The molecule has 0 saturated carbocycles. The first-order chi connectivity index (χ1) is 13.5. The van der Waals surface area contributed by atoms with Crippen LogP contribution in [0.5, 0.6) is 0 Å². The lowest BCUT2D eigenvalue weighted by Crippen LogP contribution is -2.38. The fourth-order valence-corrected chi connectivity index (χ4v) is 4.69. The van der Waals surface area contributed by atoms with Gasteiger partial charge in [-0.05, 0) is 57.4 Å². The largest absolute Gasteiger partial charge is 0.347 e. The Labute approximate surface area is 169 Å². The van der Waals surface area contributed by atoms with Gasteiger partial charge in [-0.2, -0.15) is 0 Å². The van der Waals surface area contributed by atoms with Gasteiger partial charge < -0.3 is 10.2 Å². The Kier molecular flexibility index (Phi) is 5.17. The third-order valence-electron chi connectivity index (χ3n) is 5.41. The molecule has 1 aromatic carbocycles. The van der Waals surface area contributed by atoms with E-state index in [1.807, 2.05) is 31.2 Å². The van der Waals surface area contributed by atoms with E-state index < -0.39 is 0 Å². The molecule has 6 nitrogen and oxygen atoms in total. The number of carbonyl (C=O) groups excluding carboxylic acids is 1. The standard InChI is InChI=1S/C21H25N5OS/c1-14-6-4-5-7-18(14)22-19(27)17-10-12-25(13-11-17)20-23-24-21(28-20)26-15(2)8-9-16(26)3/h4-9,17H,10-13H2,1-3H3,(H,22,27). The van der Waals surface area contributed by atoms with Crippen molar-refractivity contribution < 1.29 is 4.79 Å². The van der Waals surface area contributed by atoms with E-state index in [1.165, 1.54) is 0 Å². The summed E-state index contributed by atoms with van der Waals surface area (Å²) in [5, 5.41) is 13.7. The number of carbonyl (C=O) groups is 1. The summed E-state index contributed by atoms with van der Waals surface area (Å²) in [7, 11) is 0. The number of benzene rings is 1. The van der Waals surface area contributed by atoms with Crippen LogP contribution in [0.25, 0.3) is 5.13 Å². The van der Waals surface area contributed by atoms with E-state index in [1.54, 1.807) is 11.3 Å². The molecule has 1 amide bonds. The summed E-state index contributed by atoms with van der Waals surface area (Å²) in [5.41, 5.74) is 4.31. The fraction of sp³-hybridized carbons (Fsp3) is 0.381. The topological polar surface area (TPSA) is 63.1 Å². The van der Waals surface area contributed by atoms with Gasteiger partial charge in [0.15, 0.2) is 0 Å². The van der Waals surface area contributed by atoms with E-state index >= 15 is 0 Å². The molecule has 0 atom stereocenters. The summed E-state index contributed by atoms with van der Waals surface area (Å²) in [5.74, 6) is 0.155. The first kappa shape index (κ1) is 18.7. The van der Waals surface area contributed by atoms with Crippen molar-refractivity contribution in [3.63, 3.8) is 0 Å². The fourth-order valence-electron chi connectivity index (χ4n) is 3.68. The Morgan fingerprint density at radius 2 is 1.64 bits per heavy atom. The Morgan fingerprint density at radius 1 is 1.00 bits per heavy atom. The zero-order valence-corrected chi connectivity index (χ0v) is 17.3. The van der Waals surface area contributed by atoms with Gasteiger partial charge in [-0.15, -0.1) is 10.2 Å². The highest BCUT2D eigenvalue weighted by Crippen LogP contribution is 2.29. The van der Waals surface area contributed by atoms with Crippen LogP contribution in [0.3, 0.4) is 0 Å². The van der Waals surface area contributed by atoms with Gasteiger partial charge >= 0.3 is 0 Å². The quantitative estimate of drug-likeness (QED) is 0.722. The Balaban J connectivity index is 1.38. The van der Waals surface area contributed by atoms with E-state index in [9.17, 15) is 4.79 Å². The summed E-state index contributed by atoms with van der Waals surface area (Å²) >= 11 is 1.61. The van der Waals surface area contributed by atoms with Crippen LogP contribution in [0.15, 0.2) is 36.4 Å². The second-order valence-electron chi connectivity index (χ2n) is 7.38. The van der Waals surface area contributed by atoms with Crippen molar-refractivity contribution >= 4 is 28.1 Å². The normalized spacial score (nSPS) is 15.0. The number of hydrogen-bond acceptors (Lipinski definition) is 5. The van der Waals surface area contributed by atoms with Crippen LogP contribution in [-0.4, -0.2) is 33.8 Å². The zero-order valence-electron chi connectivity index (χ0n) is 16.5. The number of aryl methyl sites for hydroxylation is 3. The number of nitrogens with zero attached hydrogens (tertiary/aromatic N) is 4. The SMILES string of the molecule is Cc1ccccc1NC(=O)C1CCN(c2nnc(-n3c(C)ccc3C)s2)CC1. The summed E-state index contributed by atoms with van der Waals surface area (Å²) in [6, 6.07) is 12.1. The van der Waals surface area contributed by atoms with Crippen molar-refractivity contribution in [1.82, 2.24) is 14.8 Å². The molecule has 1 N–H and O–H groups in total. The van der Waals surface area contributed by atoms with Crippen molar-refractivity contribution in [2.45, 2.75) is 33.6 Å². The second kappa shape index (κ2) is 7.75. The number of anilines is 2. The van der Waals surface area contributed by atoms with Crippen molar-refractivity contribution in [3.8, 4) is 5.13 Å². The minimum Gasteiger partial charge on any atom is -0.347 e. The molecule has 0 bridgehead atoms. The van der Waals surface area contributed by atoms with Crippen LogP contribution in [-0.2, 0) is 4.79 Å². The molecule has 0 spiro atoms. The number of rotatable bonds is 4. The second-order valence-corrected chi connectivity index (χ2v) is 8.32. The molecule has 28 heavy (non-hydrogen) atoms. The number of para-hydroxylation sites is 1. The highest BCUT2D eigenvalue weighted by molar-refractivity contribution is 7.17. The average molecular weight is 396 g/mol. The first-order valence-electron chi connectivity index (χ1n) is 9.63. The number of amides is 1. The summed E-state index contributed by atoms with van der Waals surface area (Å²) < 4.78 is 2.13. The molecule has 2 aromatic heterocycles. The van der Waals surface area contributed by atoms with Gasteiger partial charge in [0.2, 0.25) is 16.2 Å². The average Bonchev–Trinajstić information content (AvgIpc) is 3.30. The summed E-state index contributed by atoms with van der Waals surface area (Å²) in [6.07, 6.45) is 1.66. The molecular weight excluding hydrogens is 370 g/mol. The van der Waals surface area contributed by atoms with Gasteiger partial charge in [0, 0.05) is 36.1 Å². The Bertz CT molecular complexity index is 965.